The molecular formula is C8H6BrF2NO2. The molecule has 0 radical (unpaired) electrons. The number of hydrogen-bond acceptors (Lipinski definition) is 2. The first-order valence-electron chi connectivity index (χ1n) is 3.64. The molecule has 0 bridgehead atoms. The topological polar surface area (TPSA) is 43.1 Å². The SMILES string of the molecule is CC(F)(F)c1ccc(Br)c([N+](=O)[O-])c1. The third kappa shape index (κ3) is 2.25. The fraction of sp³-hybridized carbons (Fsp3) is 0.250. The highest BCUT2D eigenvalue weighted by Crippen LogP contribution is 2.33. The van der Waals surface area contributed by atoms with E-state index in [-0.39, 0.29) is 15.7 Å². The second-order valence-electron chi connectivity index (χ2n) is 2.81. The van der Waals surface area contributed by atoms with Crippen LogP contribution in [0, 0.1) is 10.1 Å². The van der Waals surface area contributed by atoms with Crippen molar-refractivity contribution in [3.63, 3.8) is 0 Å². The van der Waals surface area contributed by atoms with Gasteiger partial charge in [0.05, 0.1) is 9.40 Å². The second kappa shape index (κ2) is 3.61. The van der Waals surface area contributed by atoms with Crippen molar-refractivity contribution < 1.29 is 13.7 Å². The van der Waals surface area contributed by atoms with Crippen molar-refractivity contribution in [2.24, 2.45) is 0 Å². The van der Waals surface area contributed by atoms with Gasteiger partial charge in [0.2, 0.25) is 0 Å². The van der Waals surface area contributed by atoms with Crippen LogP contribution in [0.2, 0.25) is 0 Å². The molecule has 0 amide bonds. The Hall–Kier alpha value is -1.04. The molecule has 0 aromatic heterocycles. The maximum Gasteiger partial charge on any atom is 0.283 e. The Bertz CT molecular complexity index is 376. The van der Waals surface area contributed by atoms with Crippen molar-refractivity contribution in [2.75, 3.05) is 0 Å². The Labute approximate surface area is 87.0 Å². The Morgan fingerprint density at radius 3 is 2.50 bits per heavy atom. The third-order valence-corrected chi connectivity index (χ3v) is 2.32. The number of nitrogens with zero attached hydrogens (tertiary/aromatic N) is 1. The van der Waals surface area contributed by atoms with Gasteiger partial charge in [-0.15, -0.1) is 0 Å². The van der Waals surface area contributed by atoms with E-state index in [2.05, 4.69) is 15.9 Å². The standard InChI is InChI=1S/C8H6BrF2NO2/c1-8(10,11)5-2-3-6(9)7(4-5)12(13)14/h2-4H,1H3. The summed E-state index contributed by atoms with van der Waals surface area (Å²) < 4.78 is 25.8. The molecule has 1 aromatic rings. The summed E-state index contributed by atoms with van der Waals surface area (Å²) in [7, 11) is 0. The summed E-state index contributed by atoms with van der Waals surface area (Å²) in [6.07, 6.45) is 0. The molecule has 0 aliphatic heterocycles. The zero-order valence-electron chi connectivity index (χ0n) is 7.13. The minimum Gasteiger partial charge on any atom is -0.258 e. The predicted octanol–water partition coefficient (Wildman–Crippen LogP) is 3.47. The first kappa shape index (κ1) is 11.0. The number of rotatable bonds is 2. The number of nitro benzene ring substituents is 1. The molecular weight excluding hydrogens is 260 g/mol. The Morgan fingerprint density at radius 2 is 2.07 bits per heavy atom. The lowest BCUT2D eigenvalue weighted by molar-refractivity contribution is -0.385. The van der Waals surface area contributed by atoms with Crippen LogP contribution in [0.25, 0.3) is 0 Å². The van der Waals surface area contributed by atoms with Gasteiger partial charge in [-0.25, -0.2) is 8.78 Å². The average molecular weight is 266 g/mol. The van der Waals surface area contributed by atoms with Crippen LogP contribution in [0.3, 0.4) is 0 Å². The largest absolute Gasteiger partial charge is 0.283 e. The summed E-state index contributed by atoms with van der Waals surface area (Å²) in [6, 6.07) is 3.26. The van der Waals surface area contributed by atoms with Gasteiger partial charge in [0.25, 0.3) is 11.6 Å². The number of benzene rings is 1. The van der Waals surface area contributed by atoms with Crippen LogP contribution in [0.4, 0.5) is 14.5 Å². The average Bonchev–Trinajstić information content (AvgIpc) is 2.02. The van der Waals surface area contributed by atoms with E-state index in [9.17, 15) is 18.9 Å². The minimum atomic E-state index is -3.06. The van der Waals surface area contributed by atoms with Gasteiger partial charge < -0.3 is 0 Å². The molecule has 1 rings (SSSR count). The maximum atomic E-state index is 12.8. The van der Waals surface area contributed by atoms with Crippen molar-refractivity contribution in [2.45, 2.75) is 12.8 Å². The van der Waals surface area contributed by atoms with E-state index in [1.165, 1.54) is 6.07 Å². The van der Waals surface area contributed by atoms with Gasteiger partial charge in [0.15, 0.2) is 0 Å². The zero-order chi connectivity index (χ0) is 10.9. The van der Waals surface area contributed by atoms with Gasteiger partial charge in [0.1, 0.15) is 0 Å². The van der Waals surface area contributed by atoms with Crippen molar-refractivity contribution in [1.82, 2.24) is 0 Å². The molecule has 0 spiro atoms. The molecule has 6 heteroatoms. The first-order valence-corrected chi connectivity index (χ1v) is 4.44. The highest BCUT2D eigenvalue weighted by Gasteiger charge is 2.27. The van der Waals surface area contributed by atoms with Gasteiger partial charge in [-0.1, -0.05) is 6.07 Å². The van der Waals surface area contributed by atoms with E-state index < -0.39 is 10.8 Å². The zero-order valence-corrected chi connectivity index (χ0v) is 8.72. The highest BCUT2D eigenvalue weighted by atomic mass is 79.9. The van der Waals surface area contributed by atoms with Gasteiger partial charge >= 0.3 is 0 Å². The predicted molar refractivity (Wildman–Crippen MR) is 50.4 cm³/mol. The molecule has 0 unspecified atom stereocenters. The molecule has 76 valence electrons. The molecule has 0 fully saturated rings. The van der Waals surface area contributed by atoms with Crippen molar-refractivity contribution in [3.05, 3.63) is 38.3 Å². The van der Waals surface area contributed by atoms with Gasteiger partial charge in [-0.05, 0) is 22.0 Å². The fourth-order valence-corrected chi connectivity index (χ4v) is 1.32. The Kier molecular flexibility index (Phi) is 2.84. The smallest absolute Gasteiger partial charge is 0.258 e. The van der Waals surface area contributed by atoms with Crippen LogP contribution in [-0.4, -0.2) is 4.92 Å². The van der Waals surface area contributed by atoms with Gasteiger partial charge in [0, 0.05) is 18.6 Å². The van der Waals surface area contributed by atoms with E-state index in [4.69, 9.17) is 0 Å². The number of halogens is 3. The molecule has 0 atom stereocenters. The molecule has 0 saturated heterocycles. The molecule has 0 aliphatic rings. The number of alkyl halides is 2. The lowest BCUT2D eigenvalue weighted by atomic mass is 10.1. The van der Waals surface area contributed by atoms with E-state index in [1.54, 1.807) is 0 Å². The lowest BCUT2D eigenvalue weighted by Crippen LogP contribution is -2.07. The molecule has 1 aromatic carbocycles. The van der Waals surface area contributed by atoms with Crippen LogP contribution in [0.5, 0.6) is 0 Å². The summed E-state index contributed by atoms with van der Waals surface area (Å²) in [5.41, 5.74) is -0.726. The third-order valence-electron chi connectivity index (χ3n) is 1.65. The van der Waals surface area contributed by atoms with E-state index in [1.807, 2.05) is 0 Å². The van der Waals surface area contributed by atoms with Crippen molar-refractivity contribution in [3.8, 4) is 0 Å². The molecule has 14 heavy (non-hydrogen) atoms. The monoisotopic (exact) mass is 265 g/mol. The maximum absolute atomic E-state index is 12.8. The lowest BCUT2D eigenvalue weighted by Gasteiger charge is -2.09. The van der Waals surface area contributed by atoms with Crippen LogP contribution < -0.4 is 0 Å². The number of nitro groups is 1. The quantitative estimate of drug-likeness (QED) is 0.607. The fourth-order valence-electron chi connectivity index (χ4n) is 0.926. The summed E-state index contributed by atoms with van der Waals surface area (Å²) in [6.45, 7) is 0.694. The van der Waals surface area contributed by atoms with Crippen molar-refractivity contribution in [1.29, 1.82) is 0 Å². The van der Waals surface area contributed by atoms with Crippen LogP contribution >= 0.6 is 15.9 Å². The van der Waals surface area contributed by atoms with Crippen LogP contribution in [0.15, 0.2) is 22.7 Å². The summed E-state index contributed by atoms with van der Waals surface area (Å²) in [4.78, 5) is 9.72. The Balaban J connectivity index is 3.27. The normalized spacial score (nSPS) is 11.4. The van der Waals surface area contributed by atoms with Gasteiger partial charge in [-0.2, -0.15) is 0 Å². The summed E-state index contributed by atoms with van der Waals surface area (Å²) in [5.74, 6) is -3.06. The molecule has 0 aliphatic carbocycles. The number of hydrogen-bond donors (Lipinski definition) is 0. The molecule has 0 saturated carbocycles. The summed E-state index contributed by atoms with van der Waals surface area (Å²) in [5, 5.41) is 10.4. The second-order valence-corrected chi connectivity index (χ2v) is 3.67. The Morgan fingerprint density at radius 1 is 1.50 bits per heavy atom. The van der Waals surface area contributed by atoms with E-state index in [0.29, 0.717) is 6.92 Å². The molecule has 0 N–H and O–H groups in total. The van der Waals surface area contributed by atoms with Gasteiger partial charge in [-0.3, -0.25) is 10.1 Å². The minimum absolute atomic E-state index is 0.190. The van der Waals surface area contributed by atoms with E-state index >= 15 is 0 Å². The molecule has 3 nitrogen and oxygen atoms in total. The van der Waals surface area contributed by atoms with Crippen molar-refractivity contribution >= 4 is 21.6 Å². The van der Waals surface area contributed by atoms with Crippen LogP contribution in [0.1, 0.15) is 12.5 Å². The first-order chi connectivity index (χ1) is 6.32. The molecule has 0 heterocycles. The summed E-state index contributed by atoms with van der Waals surface area (Å²) >= 11 is 2.91. The van der Waals surface area contributed by atoms with E-state index in [0.717, 1.165) is 12.1 Å². The van der Waals surface area contributed by atoms with Crippen LogP contribution in [-0.2, 0) is 5.92 Å². The highest BCUT2D eigenvalue weighted by molar-refractivity contribution is 9.10.